The number of aromatic nitrogens is 3. The van der Waals surface area contributed by atoms with Crippen molar-refractivity contribution < 1.29 is 14.0 Å². The molecule has 1 aromatic carbocycles. The van der Waals surface area contributed by atoms with Gasteiger partial charge in [0.1, 0.15) is 11.6 Å². The smallest absolute Gasteiger partial charge is 0.225 e. The van der Waals surface area contributed by atoms with E-state index in [9.17, 15) is 14.0 Å². The number of rotatable bonds is 8. The second-order valence-corrected chi connectivity index (χ2v) is 7.91. The van der Waals surface area contributed by atoms with Gasteiger partial charge in [0.2, 0.25) is 11.8 Å². The van der Waals surface area contributed by atoms with Crippen molar-refractivity contribution in [2.45, 2.75) is 18.8 Å². The van der Waals surface area contributed by atoms with Gasteiger partial charge in [0.15, 0.2) is 0 Å². The number of hydrogen-bond acceptors (Lipinski definition) is 5. The summed E-state index contributed by atoms with van der Waals surface area (Å²) in [4.78, 5) is 29.5. The Labute approximate surface area is 185 Å². The predicted octanol–water partition coefficient (Wildman–Crippen LogP) is 1.98. The molecule has 166 valence electrons. The first kappa shape index (κ1) is 21.5. The van der Waals surface area contributed by atoms with Crippen LogP contribution in [0.5, 0.6) is 0 Å². The zero-order valence-electron chi connectivity index (χ0n) is 17.7. The molecule has 1 fully saturated rings. The van der Waals surface area contributed by atoms with Crippen LogP contribution in [0.2, 0.25) is 0 Å². The largest absolute Gasteiger partial charge is 0.369 e. The number of pyridine rings is 1. The van der Waals surface area contributed by atoms with Crippen molar-refractivity contribution in [1.82, 2.24) is 20.1 Å². The number of hydrogen-bond donors (Lipinski definition) is 3. The lowest BCUT2D eigenvalue weighted by Crippen LogP contribution is -2.33. The first-order valence-corrected chi connectivity index (χ1v) is 10.5. The van der Waals surface area contributed by atoms with Crippen molar-refractivity contribution in [1.29, 1.82) is 0 Å². The van der Waals surface area contributed by atoms with Gasteiger partial charge in [-0.1, -0.05) is 18.2 Å². The Morgan fingerprint density at radius 3 is 2.88 bits per heavy atom. The Morgan fingerprint density at radius 1 is 1.38 bits per heavy atom. The molecule has 9 heteroatoms. The molecule has 3 heterocycles. The summed E-state index contributed by atoms with van der Waals surface area (Å²) in [6.45, 7) is 0.971. The van der Waals surface area contributed by atoms with Crippen molar-refractivity contribution in [3.63, 3.8) is 0 Å². The van der Waals surface area contributed by atoms with E-state index in [1.807, 2.05) is 19.3 Å². The Hall–Kier alpha value is -3.75. The normalized spacial score (nSPS) is 16.6. The lowest BCUT2D eigenvalue weighted by molar-refractivity contribution is -0.128. The highest BCUT2D eigenvalue weighted by Crippen LogP contribution is 2.35. The molecule has 4 rings (SSSR count). The second kappa shape index (κ2) is 9.17. The van der Waals surface area contributed by atoms with Gasteiger partial charge >= 0.3 is 0 Å². The van der Waals surface area contributed by atoms with E-state index in [4.69, 9.17) is 10.7 Å². The SMILES string of the molecule is Cn1cc(-c2ccc(C(C(N)=O)C3CCNC3=O)c(NCCc3cccc(F)c3)n2)cn1. The highest BCUT2D eigenvalue weighted by atomic mass is 19.1. The molecule has 0 saturated carbocycles. The first-order chi connectivity index (χ1) is 15.4. The van der Waals surface area contributed by atoms with E-state index < -0.39 is 17.7 Å². The molecule has 2 atom stereocenters. The van der Waals surface area contributed by atoms with Crippen molar-refractivity contribution in [3.05, 3.63) is 65.7 Å². The van der Waals surface area contributed by atoms with Crippen molar-refractivity contribution in [3.8, 4) is 11.3 Å². The maximum absolute atomic E-state index is 13.5. The molecule has 2 unspecified atom stereocenters. The second-order valence-electron chi connectivity index (χ2n) is 7.91. The summed E-state index contributed by atoms with van der Waals surface area (Å²) in [6.07, 6.45) is 4.63. The number of aryl methyl sites for hydroxylation is 1. The van der Waals surface area contributed by atoms with E-state index in [0.717, 1.165) is 11.1 Å². The van der Waals surface area contributed by atoms with E-state index in [1.54, 1.807) is 29.1 Å². The van der Waals surface area contributed by atoms with Gasteiger partial charge in [0, 0.05) is 37.5 Å². The van der Waals surface area contributed by atoms with Crippen molar-refractivity contribution in [2.24, 2.45) is 18.7 Å². The fourth-order valence-electron chi connectivity index (χ4n) is 4.09. The Kier molecular flexibility index (Phi) is 6.16. The van der Waals surface area contributed by atoms with E-state index in [0.29, 0.717) is 43.0 Å². The molecule has 0 aliphatic carbocycles. The fourth-order valence-corrected chi connectivity index (χ4v) is 4.09. The standard InChI is InChI=1S/C23H25FN6O2/c1-30-13-15(12-28-30)19-6-5-17(20(21(25)31)18-8-10-27-23(18)32)22(29-19)26-9-7-14-3-2-4-16(24)11-14/h2-6,11-13,18,20H,7-10H2,1H3,(H2,25,31)(H,26,29)(H,27,32). The third-order valence-corrected chi connectivity index (χ3v) is 5.66. The minimum atomic E-state index is -0.801. The van der Waals surface area contributed by atoms with Crippen LogP contribution in [0.15, 0.2) is 48.8 Å². The maximum Gasteiger partial charge on any atom is 0.225 e. The van der Waals surface area contributed by atoms with E-state index in [2.05, 4.69) is 15.7 Å². The summed E-state index contributed by atoms with van der Waals surface area (Å²) in [5.41, 5.74) is 8.65. The van der Waals surface area contributed by atoms with Crippen LogP contribution < -0.4 is 16.4 Å². The average molecular weight is 436 g/mol. The monoisotopic (exact) mass is 436 g/mol. The summed E-state index contributed by atoms with van der Waals surface area (Å²) < 4.78 is 15.2. The molecule has 8 nitrogen and oxygen atoms in total. The van der Waals surface area contributed by atoms with E-state index >= 15 is 0 Å². The Bertz CT molecular complexity index is 1150. The van der Waals surface area contributed by atoms with Crippen LogP contribution >= 0.6 is 0 Å². The number of halogens is 1. The molecule has 0 bridgehead atoms. The molecule has 2 aromatic heterocycles. The number of carbonyl (C=O) groups excluding carboxylic acids is 2. The number of nitrogens with one attached hydrogen (secondary N) is 2. The van der Waals surface area contributed by atoms with Crippen LogP contribution in [0, 0.1) is 11.7 Å². The summed E-state index contributed by atoms with van der Waals surface area (Å²) >= 11 is 0. The third kappa shape index (κ3) is 4.61. The van der Waals surface area contributed by atoms with Gasteiger partial charge in [-0.25, -0.2) is 9.37 Å². The number of anilines is 1. The van der Waals surface area contributed by atoms with Gasteiger partial charge in [-0.2, -0.15) is 5.10 Å². The molecule has 0 spiro atoms. The number of primary amides is 1. The zero-order valence-corrected chi connectivity index (χ0v) is 17.7. The van der Waals surface area contributed by atoms with Gasteiger partial charge in [0.05, 0.1) is 23.7 Å². The quantitative estimate of drug-likeness (QED) is 0.500. The minimum absolute atomic E-state index is 0.184. The lowest BCUT2D eigenvalue weighted by atomic mass is 9.84. The summed E-state index contributed by atoms with van der Waals surface area (Å²) in [5, 5.41) is 10.2. The fraction of sp³-hybridized carbons (Fsp3) is 0.304. The predicted molar refractivity (Wildman–Crippen MR) is 118 cm³/mol. The van der Waals surface area contributed by atoms with Gasteiger partial charge in [-0.15, -0.1) is 0 Å². The average Bonchev–Trinajstić information content (AvgIpc) is 3.37. The van der Waals surface area contributed by atoms with Crippen molar-refractivity contribution >= 4 is 17.6 Å². The molecule has 3 aromatic rings. The molecule has 1 aliphatic rings. The zero-order chi connectivity index (χ0) is 22.7. The highest BCUT2D eigenvalue weighted by Gasteiger charge is 2.38. The van der Waals surface area contributed by atoms with Crippen LogP contribution in [0.1, 0.15) is 23.5 Å². The lowest BCUT2D eigenvalue weighted by Gasteiger charge is -2.22. The van der Waals surface area contributed by atoms with Crippen LogP contribution in [-0.4, -0.2) is 39.7 Å². The topological polar surface area (TPSA) is 115 Å². The molecule has 2 amide bonds. The summed E-state index contributed by atoms with van der Waals surface area (Å²) in [5.74, 6) is -1.91. The molecular formula is C23H25FN6O2. The van der Waals surface area contributed by atoms with Crippen LogP contribution in [0.4, 0.5) is 10.2 Å². The summed E-state index contributed by atoms with van der Waals surface area (Å²) in [6, 6.07) is 9.99. The number of benzene rings is 1. The maximum atomic E-state index is 13.5. The Morgan fingerprint density at radius 2 is 2.22 bits per heavy atom. The van der Waals surface area contributed by atoms with Crippen LogP contribution in [-0.2, 0) is 23.1 Å². The Balaban J connectivity index is 1.66. The molecule has 1 aliphatic heterocycles. The molecular weight excluding hydrogens is 411 g/mol. The first-order valence-electron chi connectivity index (χ1n) is 10.5. The van der Waals surface area contributed by atoms with Gasteiger partial charge in [-0.3, -0.25) is 14.3 Å². The van der Waals surface area contributed by atoms with Gasteiger partial charge in [-0.05, 0) is 36.6 Å². The third-order valence-electron chi connectivity index (χ3n) is 5.66. The molecule has 1 saturated heterocycles. The van der Waals surface area contributed by atoms with Gasteiger partial charge in [0.25, 0.3) is 0 Å². The van der Waals surface area contributed by atoms with E-state index in [-0.39, 0.29) is 11.7 Å². The molecule has 0 radical (unpaired) electrons. The van der Waals surface area contributed by atoms with Crippen LogP contribution in [0.25, 0.3) is 11.3 Å². The highest BCUT2D eigenvalue weighted by molar-refractivity contribution is 5.92. The summed E-state index contributed by atoms with van der Waals surface area (Å²) in [7, 11) is 1.82. The number of nitrogens with two attached hydrogens (primary N) is 1. The number of nitrogens with zero attached hydrogens (tertiary/aromatic N) is 3. The van der Waals surface area contributed by atoms with Crippen molar-refractivity contribution in [2.75, 3.05) is 18.4 Å². The van der Waals surface area contributed by atoms with E-state index in [1.165, 1.54) is 12.1 Å². The van der Waals surface area contributed by atoms with Crippen LogP contribution in [0.3, 0.4) is 0 Å². The number of amides is 2. The molecule has 32 heavy (non-hydrogen) atoms. The van der Waals surface area contributed by atoms with Gasteiger partial charge < -0.3 is 16.4 Å². The minimum Gasteiger partial charge on any atom is -0.369 e. The molecule has 4 N–H and O–H groups in total. The number of carbonyl (C=O) groups is 2.